The maximum Gasteiger partial charge on any atom is 0.227 e. The molecule has 1 N–H and O–H groups in total. The van der Waals surface area contributed by atoms with Gasteiger partial charge in [-0.2, -0.15) is 4.98 Å². The molecule has 136 valence electrons. The average Bonchev–Trinajstić information content (AvgIpc) is 3.26. The third kappa shape index (κ3) is 2.60. The number of ketones is 1. The molecule has 2 aromatic heterocycles. The minimum absolute atomic E-state index is 0.154. The molecule has 0 amide bonds. The maximum absolute atomic E-state index is 12.7. The lowest BCUT2D eigenvalue weighted by atomic mass is 9.88. The van der Waals surface area contributed by atoms with Crippen LogP contribution in [0, 0.1) is 13.8 Å². The lowest BCUT2D eigenvalue weighted by Gasteiger charge is -2.30. The molecule has 6 heteroatoms. The van der Waals surface area contributed by atoms with Gasteiger partial charge in [-0.05, 0) is 44.9 Å². The monoisotopic (exact) mass is 360 g/mol. The highest BCUT2D eigenvalue weighted by molar-refractivity contribution is 5.99. The summed E-state index contributed by atoms with van der Waals surface area (Å²) in [6, 6.07) is 11.6. The van der Waals surface area contributed by atoms with Gasteiger partial charge >= 0.3 is 0 Å². The third-order valence-corrected chi connectivity index (χ3v) is 5.18. The number of aryl methyl sites for hydroxylation is 2. The zero-order valence-electron chi connectivity index (χ0n) is 15.3. The molecule has 1 aliphatic heterocycles. The second-order valence-corrected chi connectivity index (χ2v) is 7.22. The molecule has 5 rings (SSSR count). The van der Waals surface area contributed by atoms with Crippen LogP contribution in [0.4, 0.5) is 5.95 Å². The summed E-state index contributed by atoms with van der Waals surface area (Å²) in [6.07, 6.45) is 2.25. The van der Waals surface area contributed by atoms with Crippen LogP contribution in [0.5, 0.6) is 0 Å². The summed E-state index contributed by atoms with van der Waals surface area (Å²) in [5.74, 6) is 2.98. The average molecular weight is 360 g/mol. The Balaban J connectivity index is 1.68. The number of fused-ring (bicyclic) bond motifs is 1. The van der Waals surface area contributed by atoms with E-state index >= 15 is 0 Å². The van der Waals surface area contributed by atoms with E-state index in [4.69, 9.17) is 14.5 Å². The van der Waals surface area contributed by atoms with Gasteiger partial charge in [0.05, 0.1) is 0 Å². The largest absolute Gasteiger partial charge is 0.464 e. The Labute approximate surface area is 156 Å². The van der Waals surface area contributed by atoms with Crippen LogP contribution < -0.4 is 5.32 Å². The van der Waals surface area contributed by atoms with Gasteiger partial charge in [0.2, 0.25) is 5.95 Å². The molecule has 0 spiro atoms. The van der Waals surface area contributed by atoms with E-state index in [2.05, 4.69) is 11.4 Å². The van der Waals surface area contributed by atoms with E-state index < -0.39 is 0 Å². The lowest BCUT2D eigenvalue weighted by Crippen LogP contribution is -2.31. The van der Waals surface area contributed by atoms with Crippen molar-refractivity contribution in [2.45, 2.75) is 39.2 Å². The number of aromatic nitrogens is 3. The zero-order chi connectivity index (χ0) is 18.5. The third-order valence-electron chi connectivity index (χ3n) is 5.18. The highest BCUT2D eigenvalue weighted by Gasteiger charge is 2.38. The normalized spacial score (nSPS) is 18.9. The minimum Gasteiger partial charge on any atom is -0.464 e. The summed E-state index contributed by atoms with van der Waals surface area (Å²) < 4.78 is 7.70. The van der Waals surface area contributed by atoms with Crippen molar-refractivity contribution in [3.05, 3.63) is 64.8 Å². The van der Waals surface area contributed by atoms with Gasteiger partial charge in [0.15, 0.2) is 11.6 Å². The molecular formula is C21H20N4O2. The first kappa shape index (κ1) is 16.1. The Hall–Kier alpha value is -3.15. The standard InChI is InChI=1S/C21H20N4O2/c1-12-5-3-6-14(11-12)20-23-21-22-15-7-4-8-16(26)18(15)19(25(21)24-20)17-10-9-13(2)27-17/h3,5-6,9-11,19H,4,7-8H2,1-2H3,(H,22,23,24). The van der Waals surface area contributed by atoms with Crippen LogP contribution in [-0.2, 0) is 4.79 Å². The number of rotatable bonds is 2. The molecule has 3 heterocycles. The molecule has 0 fully saturated rings. The molecule has 0 saturated heterocycles. The van der Waals surface area contributed by atoms with Crippen LogP contribution in [0.25, 0.3) is 11.4 Å². The topological polar surface area (TPSA) is 73.0 Å². The predicted octanol–water partition coefficient (Wildman–Crippen LogP) is 4.18. The first-order valence-electron chi connectivity index (χ1n) is 9.23. The van der Waals surface area contributed by atoms with E-state index in [9.17, 15) is 4.79 Å². The van der Waals surface area contributed by atoms with Crippen LogP contribution in [0.1, 0.15) is 42.4 Å². The zero-order valence-corrected chi connectivity index (χ0v) is 15.3. The smallest absolute Gasteiger partial charge is 0.227 e. The fraction of sp³-hybridized carbons (Fsp3) is 0.286. The number of carbonyl (C=O) groups is 1. The first-order valence-corrected chi connectivity index (χ1v) is 9.23. The van der Waals surface area contributed by atoms with Crippen LogP contribution in [0.2, 0.25) is 0 Å². The Morgan fingerprint density at radius 1 is 1.19 bits per heavy atom. The molecule has 1 atom stereocenters. The van der Waals surface area contributed by atoms with Crippen LogP contribution >= 0.6 is 0 Å². The van der Waals surface area contributed by atoms with E-state index in [1.807, 2.05) is 44.2 Å². The summed E-state index contributed by atoms with van der Waals surface area (Å²) in [7, 11) is 0. The predicted molar refractivity (Wildman–Crippen MR) is 101 cm³/mol. The van der Waals surface area contributed by atoms with E-state index in [1.54, 1.807) is 4.68 Å². The SMILES string of the molecule is Cc1cccc(-c2nc3n(n2)C(c2ccc(C)o2)C2=C(CCCC2=O)N3)c1. The van der Waals surface area contributed by atoms with E-state index in [0.717, 1.165) is 46.8 Å². The Morgan fingerprint density at radius 2 is 2.07 bits per heavy atom. The van der Waals surface area contributed by atoms with Crippen LogP contribution in [0.15, 0.2) is 52.1 Å². The summed E-state index contributed by atoms with van der Waals surface area (Å²) in [6.45, 7) is 3.95. The van der Waals surface area contributed by atoms with Crippen molar-refractivity contribution >= 4 is 11.7 Å². The number of furan rings is 1. The molecule has 1 aromatic carbocycles. The molecule has 0 bridgehead atoms. The number of hydrogen-bond acceptors (Lipinski definition) is 5. The van der Waals surface area contributed by atoms with Crippen molar-refractivity contribution in [3.63, 3.8) is 0 Å². The van der Waals surface area contributed by atoms with E-state index in [-0.39, 0.29) is 11.8 Å². The van der Waals surface area contributed by atoms with Gasteiger partial charge in [0.25, 0.3) is 0 Å². The number of nitrogens with zero attached hydrogens (tertiary/aromatic N) is 3. The molecule has 2 aliphatic rings. The second-order valence-electron chi connectivity index (χ2n) is 7.22. The number of carbonyl (C=O) groups excluding carboxylic acids is 1. The number of nitrogens with one attached hydrogen (secondary N) is 1. The fourth-order valence-corrected chi connectivity index (χ4v) is 3.93. The molecule has 3 aromatic rings. The van der Waals surface area contributed by atoms with Gasteiger partial charge in [0, 0.05) is 23.3 Å². The lowest BCUT2D eigenvalue weighted by molar-refractivity contribution is -0.116. The van der Waals surface area contributed by atoms with Crippen LogP contribution in [0.3, 0.4) is 0 Å². The molecule has 0 radical (unpaired) electrons. The number of anilines is 1. The highest BCUT2D eigenvalue weighted by Crippen LogP contribution is 2.41. The molecule has 27 heavy (non-hydrogen) atoms. The minimum atomic E-state index is -0.371. The Kier molecular flexibility index (Phi) is 3.53. The Bertz CT molecular complexity index is 1090. The summed E-state index contributed by atoms with van der Waals surface area (Å²) in [5.41, 5.74) is 3.81. The van der Waals surface area contributed by atoms with Crippen molar-refractivity contribution in [3.8, 4) is 11.4 Å². The molecule has 1 unspecified atom stereocenters. The summed E-state index contributed by atoms with van der Waals surface area (Å²) in [5, 5.41) is 8.10. The molecular weight excluding hydrogens is 340 g/mol. The summed E-state index contributed by atoms with van der Waals surface area (Å²) >= 11 is 0. The molecule has 1 aliphatic carbocycles. The van der Waals surface area contributed by atoms with Gasteiger partial charge in [-0.1, -0.05) is 23.8 Å². The van der Waals surface area contributed by atoms with Crippen molar-refractivity contribution < 1.29 is 9.21 Å². The van der Waals surface area contributed by atoms with Crippen molar-refractivity contribution in [2.24, 2.45) is 0 Å². The van der Waals surface area contributed by atoms with Crippen LogP contribution in [-0.4, -0.2) is 20.5 Å². The van der Waals surface area contributed by atoms with Gasteiger partial charge in [-0.3, -0.25) is 4.79 Å². The van der Waals surface area contributed by atoms with Gasteiger partial charge in [0.1, 0.15) is 17.6 Å². The number of Topliss-reactive ketones (excluding diaryl/α,β-unsaturated/α-hetero) is 1. The van der Waals surface area contributed by atoms with Gasteiger partial charge < -0.3 is 9.73 Å². The quantitative estimate of drug-likeness (QED) is 0.742. The molecule has 0 saturated carbocycles. The van der Waals surface area contributed by atoms with E-state index in [0.29, 0.717) is 18.2 Å². The van der Waals surface area contributed by atoms with Crippen molar-refractivity contribution in [2.75, 3.05) is 5.32 Å². The highest BCUT2D eigenvalue weighted by atomic mass is 16.3. The number of allylic oxidation sites excluding steroid dienone is 2. The van der Waals surface area contributed by atoms with Crippen molar-refractivity contribution in [1.29, 1.82) is 0 Å². The van der Waals surface area contributed by atoms with Gasteiger partial charge in [-0.25, -0.2) is 4.68 Å². The van der Waals surface area contributed by atoms with Gasteiger partial charge in [-0.15, -0.1) is 5.10 Å². The summed E-state index contributed by atoms with van der Waals surface area (Å²) in [4.78, 5) is 17.5. The second kappa shape index (κ2) is 5.94. The Morgan fingerprint density at radius 3 is 2.85 bits per heavy atom. The fourth-order valence-electron chi connectivity index (χ4n) is 3.93. The maximum atomic E-state index is 12.7. The number of benzene rings is 1. The van der Waals surface area contributed by atoms with E-state index in [1.165, 1.54) is 0 Å². The molecule has 6 nitrogen and oxygen atoms in total. The first-order chi connectivity index (χ1) is 13.1. The number of hydrogen-bond donors (Lipinski definition) is 1. The van der Waals surface area contributed by atoms with Crippen molar-refractivity contribution in [1.82, 2.24) is 14.8 Å².